The smallest absolute Gasteiger partial charge is 0.109 e. The number of ether oxygens (including phenoxy) is 1. The molecular weight excluding hydrogens is 214 g/mol. The first-order valence-corrected chi connectivity index (χ1v) is 6.59. The molecule has 1 aliphatic rings. The molecule has 0 bridgehead atoms. The predicted molar refractivity (Wildman–Crippen MR) is 67.9 cm³/mol. The van der Waals surface area contributed by atoms with Crippen molar-refractivity contribution in [2.24, 2.45) is 13.0 Å². The van der Waals surface area contributed by atoms with Crippen molar-refractivity contribution in [2.75, 3.05) is 19.7 Å². The molecule has 1 saturated heterocycles. The Morgan fingerprint density at radius 1 is 1.59 bits per heavy atom. The minimum absolute atomic E-state index is 0.468. The molecular formula is C13H23N3O. The Morgan fingerprint density at radius 2 is 2.47 bits per heavy atom. The van der Waals surface area contributed by atoms with Crippen LogP contribution in [0.25, 0.3) is 0 Å². The van der Waals surface area contributed by atoms with E-state index < -0.39 is 0 Å². The minimum atomic E-state index is 0.468. The number of nitrogens with zero attached hydrogens (tertiary/aromatic N) is 2. The number of aromatic nitrogens is 2. The topological polar surface area (TPSA) is 39.1 Å². The summed E-state index contributed by atoms with van der Waals surface area (Å²) in [5.41, 5.74) is 0. The lowest BCUT2D eigenvalue weighted by atomic mass is 10.00. The van der Waals surface area contributed by atoms with E-state index in [4.69, 9.17) is 4.74 Å². The third kappa shape index (κ3) is 3.30. The van der Waals surface area contributed by atoms with Crippen molar-refractivity contribution in [2.45, 2.75) is 32.3 Å². The van der Waals surface area contributed by atoms with Gasteiger partial charge in [-0.1, -0.05) is 6.92 Å². The largest absolute Gasteiger partial charge is 0.378 e. The molecule has 4 nitrogen and oxygen atoms in total. The SMILES string of the molecule is CCC1OCCC1CNCCc1nccn1C. The molecule has 1 aromatic heterocycles. The molecule has 2 unspecified atom stereocenters. The van der Waals surface area contributed by atoms with E-state index in [1.165, 1.54) is 6.42 Å². The Hall–Kier alpha value is -0.870. The molecule has 1 aliphatic heterocycles. The Balaban J connectivity index is 1.65. The van der Waals surface area contributed by atoms with E-state index in [2.05, 4.69) is 21.8 Å². The van der Waals surface area contributed by atoms with Crippen LogP contribution in [0.5, 0.6) is 0 Å². The number of rotatable bonds is 6. The summed E-state index contributed by atoms with van der Waals surface area (Å²) in [5, 5.41) is 3.52. The van der Waals surface area contributed by atoms with E-state index in [9.17, 15) is 0 Å². The maximum absolute atomic E-state index is 5.68. The quantitative estimate of drug-likeness (QED) is 0.760. The normalized spacial score (nSPS) is 24.4. The second-order valence-electron chi connectivity index (χ2n) is 4.77. The second kappa shape index (κ2) is 6.17. The molecule has 0 amide bonds. The van der Waals surface area contributed by atoms with Crippen LogP contribution in [0.4, 0.5) is 0 Å². The molecule has 0 saturated carbocycles. The van der Waals surface area contributed by atoms with E-state index in [0.717, 1.165) is 38.4 Å². The first-order chi connectivity index (χ1) is 8.31. The molecule has 1 N–H and O–H groups in total. The van der Waals surface area contributed by atoms with Gasteiger partial charge in [-0.15, -0.1) is 0 Å². The Kier molecular flexibility index (Phi) is 4.57. The minimum Gasteiger partial charge on any atom is -0.378 e. The summed E-state index contributed by atoms with van der Waals surface area (Å²) >= 11 is 0. The van der Waals surface area contributed by atoms with Crippen LogP contribution in [-0.4, -0.2) is 35.4 Å². The molecule has 0 radical (unpaired) electrons. The lowest BCUT2D eigenvalue weighted by Crippen LogP contribution is -2.29. The van der Waals surface area contributed by atoms with Crippen LogP contribution in [0.15, 0.2) is 12.4 Å². The zero-order valence-electron chi connectivity index (χ0n) is 10.9. The average Bonchev–Trinajstić information content (AvgIpc) is 2.93. The summed E-state index contributed by atoms with van der Waals surface area (Å²) in [4.78, 5) is 4.31. The van der Waals surface area contributed by atoms with Gasteiger partial charge in [0.05, 0.1) is 6.10 Å². The van der Waals surface area contributed by atoms with Gasteiger partial charge < -0.3 is 14.6 Å². The lowest BCUT2D eigenvalue weighted by molar-refractivity contribution is 0.0873. The van der Waals surface area contributed by atoms with Crippen molar-refractivity contribution < 1.29 is 4.74 Å². The van der Waals surface area contributed by atoms with Gasteiger partial charge in [0.1, 0.15) is 5.82 Å². The van der Waals surface area contributed by atoms with E-state index in [1.54, 1.807) is 0 Å². The molecule has 1 fully saturated rings. The van der Waals surface area contributed by atoms with Gasteiger partial charge in [0, 0.05) is 45.6 Å². The van der Waals surface area contributed by atoms with Gasteiger partial charge in [-0.3, -0.25) is 0 Å². The van der Waals surface area contributed by atoms with Crippen molar-refractivity contribution in [1.29, 1.82) is 0 Å². The zero-order valence-corrected chi connectivity index (χ0v) is 10.9. The number of hydrogen-bond acceptors (Lipinski definition) is 3. The second-order valence-corrected chi connectivity index (χ2v) is 4.77. The maximum atomic E-state index is 5.68. The zero-order chi connectivity index (χ0) is 12.1. The van der Waals surface area contributed by atoms with Gasteiger partial charge in [0.15, 0.2) is 0 Å². The molecule has 96 valence electrons. The van der Waals surface area contributed by atoms with E-state index in [1.807, 2.05) is 19.4 Å². The van der Waals surface area contributed by atoms with Crippen molar-refractivity contribution >= 4 is 0 Å². The predicted octanol–water partition coefficient (Wildman–Crippen LogP) is 1.37. The summed E-state index contributed by atoms with van der Waals surface area (Å²) in [6, 6.07) is 0. The third-order valence-electron chi connectivity index (χ3n) is 3.60. The van der Waals surface area contributed by atoms with E-state index in [-0.39, 0.29) is 0 Å². The van der Waals surface area contributed by atoms with Gasteiger partial charge in [-0.05, 0) is 18.8 Å². The third-order valence-corrected chi connectivity index (χ3v) is 3.60. The van der Waals surface area contributed by atoms with Crippen LogP contribution < -0.4 is 5.32 Å². The summed E-state index contributed by atoms with van der Waals surface area (Å²) in [6.07, 6.45) is 7.64. The number of aryl methyl sites for hydroxylation is 1. The molecule has 2 rings (SSSR count). The van der Waals surface area contributed by atoms with E-state index >= 15 is 0 Å². The van der Waals surface area contributed by atoms with Crippen molar-refractivity contribution in [3.05, 3.63) is 18.2 Å². The van der Waals surface area contributed by atoms with Crippen LogP contribution in [-0.2, 0) is 18.2 Å². The molecule has 17 heavy (non-hydrogen) atoms. The first-order valence-electron chi connectivity index (χ1n) is 6.59. The number of hydrogen-bond donors (Lipinski definition) is 1. The van der Waals surface area contributed by atoms with Gasteiger partial charge in [-0.25, -0.2) is 4.98 Å². The highest BCUT2D eigenvalue weighted by atomic mass is 16.5. The fourth-order valence-corrected chi connectivity index (χ4v) is 2.50. The van der Waals surface area contributed by atoms with Crippen molar-refractivity contribution in [3.63, 3.8) is 0 Å². The van der Waals surface area contributed by atoms with Crippen LogP contribution in [0, 0.1) is 5.92 Å². The van der Waals surface area contributed by atoms with Crippen molar-refractivity contribution in [1.82, 2.24) is 14.9 Å². The summed E-state index contributed by atoms with van der Waals surface area (Å²) in [7, 11) is 2.04. The Morgan fingerprint density at radius 3 is 3.18 bits per heavy atom. The fourth-order valence-electron chi connectivity index (χ4n) is 2.50. The summed E-state index contributed by atoms with van der Waals surface area (Å²) in [6.45, 7) is 5.21. The highest BCUT2D eigenvalue weighted by Crippen LogP contribution is 2.22. The van der Waals surface area contributed by atoms with Gasteiger partial charge >= 0.3 is 0 Å². The van der Waals surface area contributed by atoms with Crippen LogP contribution in [0.2, 0.25) is 0 Å². The van der Waals surface area contributed by atoms with Crippen molar-refractivity contribution in [3.8, 4) is 0 Å². The van der Waals surface area contributed by atoms with Crippen LogP contribution >= 0.6 is 0 Å². The van der Waals surface area contributed by atoms with E-state index in [0.29, 0.717) is 12.0 Å². The number of imidazole rings is 1. The fraction of sp³-hybridized carbons (Fsp3) is 0.769. The number of nitrogens with one attached hydrogen (secondary N) is 1. The van der Waals surface area contributed by atoms with Crippen LogP contribution in [0.1, 0.15) is 25.6 Å². The Bertz CT molecular complexity index is 337. The molecule has 4 heteroatoms. The standard InChI is InChI=1S/C13H23N3O/c1-3-12-11(5-9-17-12)10-14-6-4-13-15-7-8-16(13)2/h7-8,11-12,14H,3-6,9-10H2,1-2H3. The summed E-state index contributed by atoms with van der Waals surface area (Å²) < 4.78 is 7.76. The molecule has 2 heterocycles. The van der Waals surface area contributed by atoms with Gasteiger partial charge in [-0.2, -0.15) is 0 Å². The average molecular weight is 237 g/mol. The van der Waals surface area contributed by atoms with Gasteiger partial charge in [0.2, 0.25) is 0 Å². The molecule has 0 spiro atoms. The summed E-state index contributed by atoms with van der Waals surface area (Å²) in [5.74, 6) is 1.84. The highest BCUT2D eigenvalue weighted by molar-refractivity contribution is 4.91. The van der Waals surface area contributed by atoms with Crippen LogP contribution in [0.3, 0.4) is 0 Å². The molecule has 2 atom stereocenters. The van der Waals surface area contributed by atoms with Gasteiger partial charge in [0.25, 0.3) is 0 Å². The lowest BCUT2D eigenvalue weighted by Gasteiger charge is -2.17. The maximum Gasteiger partial charge on any atom is 0.109 e. The first kappa shape index (κ1) is 12.6. The molecule has 0 aliphatic carbocycles. The molecule has 0 aromatic carbocycles. The monoisotopic (exact) mass is 237 g/mol. The Labute approximate surface area is 103 Å². The highest BCUT2D eigenvalue weighted by Gasteiger charge is 2.25. The molecule has 1 aromatic rings.